The largest absolute Gasteiger partial charge is 0.288 e. The smallest absolute Gasteiger partial charge is 0.248 e. The first-order valence-corrected chi connectivity index (χ1v) is 9.04. The van der Waals surface area contributed by atoms with Gasteiger partial charge in [-0.1, -0.05) is 85.1 Å². The molecule has 1 aliphatic carbocycles. The molecule has 8 heteroatoms. The highest BCUT2D eigenvalue weighted by Gasteiger charge is 2.14. The minimum atomic E-state index is -0.512. The predicted molar refractivity (Wildman–Crippen MR) is 114 cm³/mol. The summed E-state index contributed by atoms with van der Waals surface area (Å²) in [6.07, 6.45) is 10.1. The standard InChI is InChI=1S/C19H20N4O2S2/c1-23(19(27)15-11-5-2-3-6-12-15)22-17(25)13-16(24)20-21-18(26)14-9-7-4-8-10-14/h2,4-12H,3,13H2,1H3,(H,20,24)(H,21,26)(H,22,25). The molecular formula is C19H20N4O2S2. The summed E-state index contributed by atoms with van der Waals surface area (Å²) < 4.78 is 0. The van der Waals surface area contributed by atoms with Crippen molar-refractivity contribution in [1.82, 2.24) is 21.3 Å². The fraction of sp³-hybridized carbons (Fsp3) is 0.158. The normalized spacial score (nSPS) is 12.4. The summed E-state index contributed by atoms with van der Waals surface area (Å²) >= 11 is 10.5. The van der Waals surface area contributed by atoms with Crippen LogP contribution in [0.5, 0.6) is 0 Å². The maximum atomic E-state index is 12.0. The van der Waals surface area contributed by atoms with E-state index in [-0.39, 0.29) is 6.42 Å². The van der Waals surface area contributed by atoms with Gasteiger partial charge in [0, 0.05) is 18.2 Å². The Morgan fingerprint density at radius 2 is 1.81 bits per heavy atom. The highest BCUT2D eigenvalue weighted by Crippen LogP contribution is 2.08. The average Bonchev–Trinajstić information content (AvgIpc) is 2.95. The van der Waals surface area contributed by atoms with Gasteiger partial charge in [-0.2, -0.15) is 0 Å². The molecule has 0 radical (unpaired) electrons. The second kappa shape index (κ2) is 10.3. The van der Waals surface area contributed by atoms with Crippen molar-refractivity contribution in [2.75, 3.05) is 7.05 Å². The number of amides is 2. The zero-order valence-corrected chi connectivity index (χ0v) is 16.4. The van der Waals surface area contributed by atoms with Crippen molar-refractivity contribution in [3.63, 3.8) is 0 Å². The predicted octanol–water partition coefficient (Wildman–Crippen LogP) is 2.11. The summed E-state index contributed by atoms with van der Waals surface area (Å²) in [5.41, 5.74) is 9.19. The molecule has 0 unspecified atom stereocenters. The van der Waals surface area contributed by atoms with Crippen LogP contribution in [0.2, 0.25) is 0 Å². The molecule has 27 heavy (non-hydrogen) atoms. The molecule has 140 valence electrons. The molecule has 1 aromatic carbocycles. The van der Waals surface area contributed by atoms with Gasteiger partial charge in [0.05, 0.1) is 0 Å². The van der Waals surface area contributed by atoms with Gasteiger partial charge in [-0.3, -0.25) is 30.9 Å². The van der Waals surface area contributed by atoms with Crippen molar-refractivity contribution in [1.29, 1.82) is 0 Å². The van der Waals surface area contributed by atoms with Crippen LogP contribution in [0.1, 0.15) is 18.4 Å². The summed E-state index contributed by atoms with van der Waals surface area (Å²) in [7, 11) is 1.63. The molecule has 0 bridgehead atoms. The maximum absolute atomic E-state index is 12.0. The Kier molecular flexibility index (Phi) is 7.84. The van der Waals surface area contributed by atoms with E-state index in [0.717, 1.165) is 17.6 Å². The first-order chi connectivity index (χ1) is 13.0. The average molecular weight is 401 g/mol. The van der Waals surface area contributed by atoms with Crippen LogP contribution in [-0.2, 0) is 9.59 Å². The maximum Gasteiger partial charge on any atom is 0.248 e. The zero-order chi connectivity index (χ0) is 19.6. The van der Waals surface area contributed by atoms with Gasteiger partial charge in [-0.15, -0.1) is 0 Å². The first-order valence-electron chi connectivity index (χ1n) is 8.22. The highest BCUT2D eigenvalue weighted by atomic mass is 32.1. The lowest BCUT2D eigenvalue weighted by atomic mass is 10.2. The van der Waals surface area contributed by atoms with E-state index in [1.165, 1.54) is 5.01 Å². The van der Waals surface area contributed by atoms with Crippen molar-refractivity contribution < 1.29 is 9.59 Å². The number of benzene rings is 1. The molecule has 0 aromatic heterocycles. The SMILES string of the molecule is CN(NC(=O)CC(=O)NNC(=S)c1ccccc1)C(=S)C1=CC=CCC=C1. The molecule has 0 spiro atoms. The van der Waals surface area contributed by atoms with Crippen LogP contribution in [0.3, 0.4) is 0 Å². The van der Waals surface area contributed by atoms with Gasteiger partial charge in [0.1, 0.15) is 16.4 Å². The van der Waals surface area contributed by atoms with Crippen LogP contribution in [-0.4, -0.2) is 33.8 Å². The van der Waals surface area contributed by atoms with E-state index in [2.05, 4.69) is 16.3 Å². The topological polar surface area (TPSA) is 73.5 Å². The molecule has 1 aromatic rings. The molecule has 0 aliphatic heterocycles. The van der Waals surface area contributed by atoms with E-state index in [1.807, 2.05) is 60.7 Å². The van der Waals surface area contributed by atoms with Crippen molar-refractivity contribution >= 4 is 46.2 Å². The Hall–Kier alpha value is -2.84. The second-order valence-electron chi connectivity index (χ2n) is 5.63. The number of hydrogen-bond acceptors (Lipinski definition) is 4. The van der Waals surface area contributed by atoms with Gasteiger partial charge in [0.2, 0.25) is 11.8 Å². The Balaban J connectivity index is 1.78. The number of nitrogens with zero attached hydrogens (tertiary/aromatic N) is 1. The fourth-order valence-corrected chi connectivity index (χ4v) is 2.54. The summed E-state index contributed by atoms with van der Waals surface area (Å²) in [4.78, 5) is 24.8. The zero-order valence-electron chi connectivity index (χ0n) is 14.8. The van der Waals surface area contributed by atoms with Crippen LogP contribution in [0, 0.1) is 0 Å². The van der Waals surface area contributed by atoms with E-state index < -0.39 is 11.8 Å². The third-order valence-corrected chi connectivity index (χ3v) is 4.35. The number of likely N-dealkylation sites (N-methyl/N-ethyl adjacent to an activating group) is 1. The molecule has 0 atom stereocenters. The third kappa shape index (κ3) is 6.76. The number of allylic oxidation sites excluding steroid dienone is 4. The summed E-state index contributed by atoms with van der Waals surface area (Å²) in [6.45, 7) is 0. The highest BCUT2D eigenvalue weighted by molar-refractivity contribution is 7.81. The molecule has 1 aliphatic rings. The summed E-state index contributed by atoms with van der Waals surface area (Å²) in [5.74, 6) is -1.000. The lowest BCUT2D eigenvalue weighted by Gasteiger charge is -2.21. The molecule has 0 heterocycles. The lowest BCUT2D eigenvalue weighted by molar-refractivity contribution is -0.131. The molecule has 0 saturated heterocycles. The van der Waals surface area contributed by atoms with E-state index >= 15 is 0 Å². The molecule has 0 fully saturated rings. The minimum absolute atomic E-state index is 0.364. The van der Waals surface area contributed by atoms with Crippen LogP contribution in [0.15, 0.2) is 66.3 Å². The number of carbonyl (C=O) groups is 2. The summed E-state index contributed by atoms with van der Waals surface area (Å²) in [5, 5.41) is 1.42. The number of carbonyl (C=O) groups excluding carboxylic acids is 2. The molecule has 2 rings (SSSR count). The molecule has 6 nitrogen and oxygen atoms in total. The van der Waals surface area contributed by atoms with Gasteiger partial charge < -0.3 is 0 Å². The van der Waals surface area contributed by atoms with E-state index in [0.29, 0.717) is 9.98 Å². The van der Waals surface area contributed by atoms with E-state index in [4.69, 9.17) is 24.4 Å². The quantitative estimate of drug-likeness (QED) is 0.408. The van der Waals surface area contributed by atoms with Crippen molar-refractivity contribution in [2.24, 2.45) is 0 Å². The van der Waals surface area contributed by atoms with Gasteiger partial charge in [-0.05, 0) is 6.42 Å². The second-order valence-corrected chi connectivity index (χ2v) is 6.43. The van der Waals surface area contributed by atoms with Crippen LogP contribution >= 0.6 is 24.4 Å². The van der Waals surface area contributed by atoms with Crippen molar-refractivity contribution in [2.45, 2.75) is 12.8 Å². The third-order valence-electron chi connectivity index (χ3n) is 3.50. The van der Waals surface area contributed by atoms with Gasteiger partial charge in [-0.25, -0.2) is 0 Å². The Labute approximate surface area is 168 Å². The number of thiocarbonyl (C=S) groups is 2. The van der Waals surface area contributed by atoms with Gasteiger partial charge >= 0.3 is 0 Å². The van der Waals surface area contributed by atoms with Crippen LogP contribution in [0.25, 0.3) is 0 Å². The molecule has 3 N–H and O–H groups in total. The monoisotopic (exact) mass is 400 g/mol. The number of rotatable bonds is 4. The first kappa shape index (κ1) is 20.5. The van der Waals surface area contributed by atoms with E-state index in [1.54, 1.807) is 7.05 Å². The molecular weight excluding hydrogens is 380 g/mol. The van der Waals surface area contributed by atoms with Crippen LogP contribution in [0.4, 0.5) is 0 Å². The minimum Gasteiger partial charge on any atom is -0.288 e. The molecule has 0 saturated carbocycles. The van der Waals surface area contributed by atoms with Gasteiger partial charge in [0.15, 0.2) is 0 Å². The van der Waals surface area contributed by atoms with Crippen molar-refractivity contribution in [3.05, 3.63) is 71.8 Å². The Morgan fingerprint density at radius 3 is 2.56 bits per heavy atom. The molecule has 2 amide bonds. The summed E-state index contributed by atoms with van der Waals surface area (Å²) in [6, 6.07) is 9.18. The van der Waals surface area contributed by atoms with Crippen molar-refractivity contribution in [3.8, 4) is 0 Å². The Bertz CT molecular complexity index is 816. The van der Waals surface area contributed by atoms with Crippen LogP contribution < -0.4 is 16.3 Å². The van der Waals surface area contributed by atoms with Gasteiger partial charge in [0.25, 0.3) is 0 Å². The number of hydrazine groups is 2. The Morgan fingerprint density at radius 1 is 1.07 bits per heavy atom. The number of nitrogens with one attached hydrogen (secondary N) is 3. The van der Waals surface area contributed by atoms with E-state index in [9.17, 15) is 9.59 Å². The number of hydrogen-bond donors (Lipinski definition) is 3. The fourth-order valence-electron chi connectivity index (χ4n) is 2.17. The lowest BCUT2D eigenvalue weighted by Crippen LogP contribution is -2.47.